The van der Waals surface area contributed by atoms with Gasteiger partial charge in [0.05, 0.1) is 12.1 Å². The van der Waals surface area contributed by atoms with Crippen molar-refractivity contribution in [1.29, 1.82) is 0 Å². The van der Waals surface area contributed by atoms with E-state index in [-0.39, 0.29) is 5.91 Å². The summed E-state index contributed by atoms with van der Waals surface area (Å²) < 4.78 is 0. The summed E-state index contributed by atoms with van der Waals surface area (Å²) in [5.74, 6) is 0.541. The summed E-state index contributed by atoms with van der Waals surface area (Å²) in [4.78, 5) is 15.9. The fourth-order valence-electron chi connectivity index (χ4n) is 2.10. The van der Waals surface area contributed by atoms with Crippen LogP contribution in [0.5, 0.6) is 0 Å². The number of pyridine rings is 1. The van der Waals surface area contributed by atoms with Gasteiger partial charge in [0.25, 0.3) is 0 Å². The Hall–Kier alpha value is -2.56. The summed E-state index contributed by atoms with van der Waals surface area (Å²) >= 11 is 0. The van der Waals surface area contributed by atoms with Crippen LogP contribution in [-0.4, -0.2) is 24.0 Å². The maximum atomic E-state index is 11.9. The van der Waals surface area contributed by atoms with Crippen LogP contribution in [-0.2, 0) is 4.79 Å². The van der Waals surface area contributed by atoms with Gasteiger partial charge in [0.1, 0.15) is 5.82 Å². The largest absolute Gasteiger partial charge is 0.382 e. The van der Waals surface area contributed by atoms with E-state index in [9.17, 15) is 4.79 Å². The zero-order chi connectivity index (χ0) is 15.6. The number of rotatable bonds is 7. The fourth-order valence-corrected chi connectivity index (χ4v) is 2.10. The first-order chi connectivity index (χ1) is 10.8. The summed E-state index contributed by atoms with van der Waals surface area (Å²) in [6.07, 6.45) is 13.9. The van der Waals surface area contributed by atoms with Crippen LogP contribution in [0.4, 0.5) is 11.5 Å². The molecule has 0 unspecified atom stereocenters. The lowest BCUT2D eigenvalue weighted by atomic mass is 10.1. The molecule has 1 aliphatic carbocycles. The normalized spacial score (nSPS) is 13.4. The van der Waals surface area contributed by atoms with E-state index >= 15 is 0 Å². The van der Waals surface area contributed by atoms with Crippen molar-refractivity contribution in [3.63, 3.8) is 0 Å². The van der Waals surface area contributed by atoms with Gasteiger partial charge >= 0.3 is 0 Å². The van der Waals surface area contributed by atoms with Gasteiger partial charge in [-0.15, -0.1) is 0 Å². The van der Waals surface area contributed by atoms with Gasteiger partial charge < -0.3 is 16.4 Å². The molecule has 0 spiro atoms. The SMILES string of the molecule is Nc1ncccc1NCCCNC(=O)CC1=CC=CCC=C1. The first-order valence-electron chi connectivity index (χ1n) is 7.49. The average molecular weight is 298 g/mol. The second kappa shape index (κ2) is 8.67. The van der Waals surface area contributed by atoms with Crippen molar-refractivity contribution < 1.29 is 4.79 Å². The number of allylic oxidation sites excluding steroid dienone is 5. The van der Waals surface area contributed by atoms with Crippen molar-refractivity contribution in [2.24, 2.45) is 0 Å². The molecule has 4 N–H and O–H groups in total. The number of carbonyl (C=O) groups excluding carboxylic acids is 1. The Bertz CT molecular complexity index is 590. The van der Waals surface area contributed by atoms with E-state index in [1.165, 1.54) is 0 Å². The highest BCUT2D eigenvalue weighted by molar-refractivity contribution is 5.79. The molecule has 0 bridgehead atoms. The van der Waals surface area contributed by atoms with Gasteiger partial charge in [0.15, 0.2) is 0 Å². The minimum Gasteiger partial charge on any atom is -0.382 e. The van der Waals surface area contributed by atoms with Gasteiger partial charge in [0.2, 0.25) is 5.91 Å². The van der Waals surface area contributed by atoms with Gasteiger partial charge in [-0.05, 0) is 30.5 Å². The summed E-state index contributed by atoms with van der Waals surface area (Å²) in [6.45, 7) is 1.38. The van der Waals surface area contributed by atoms with Crippen molar-refractivity contribution in [1.82, 2.24) is 10.3 Å². The number of anilines is 2. The number of nitrogens with one attached hydrogen (secondary N) is 2. The first-order valence-corrected chi connectivity index (χ1v) is 7.49. The molecule has 0 aromatic carbocycles. The minimum absolute atomic E-state index is 0.0482. The molecule has 0 atom stereocenters. The lowest BCUT2D eigenvalue weighted by Crippen LogP contribution is -2.25. The monoisotopic (exact) mass is 298 g/mol. The zero-order valence-corrected chi connectivity index (χ0v) is 12.6. The first kappa shape index (κ1) is 15.8. The number of nitrogens with two attached hydrogens (primary N) is 1. The third-order valence-electron chi connectivity index (χ3n) is 3.24. The van der Waals surface area contributed by atoms with Crippen molar-refractivity contribution in [2.75, 3.05) is 24.1 Å². The van der Waals surface area contributed by atoms with Crippen LogP contribution in [0.3, 0.4) is 0 Å². The number of aromatic nitrogens is 1. The van der Waals surface area contributed by atoms with Crippen LogP contribution >= 0.6 is 0 Å². The molecule has 1 aromatic rings. The number of nitrogen functional groups attached to an aromatic ring is 1. The highest BCUT2D eigenvalue weighted by Crippen LogP contribution is 2.13. The highest BCUT2D eigenvalue weighted by Gasteiger charge is 2.03. The van der Waals surface area contributed by atoms with Crippen LogP contribution in [0.25, 0.3) is 0 Å². The molecule has 0 saturated heterocycles. The van der Waals surface area contributed by atoms with Crippen molar-refractivity contribution in [3.8, 4) is 0 Å². The van der Waals surface area contributed by atoms with Gasteiger partial charge in [-0.1, -0.05) is 30.4 Å². The molecular formula is C17H22N4O. The molecule has 0 radical (unpaired) electrons. The number of amides is 1. The van der Waals surface area contributed by atoms with Crippen LogP contribution in [0.2, 0.25) is 0 Å². The van der Waals surface area contributed by atoms with Crippen molar-refractivity contribution >= 4 is 17.4 Å². The molecule has 1 heterocycles. The summed E-state index contributed by atoms with van der Waals surface area (Å²) in [5.41, 5.74) is 7.60. The van der Waals surface area contributed by atoms with E-state index in [4.69, 9.17) is 5.73 Å². The van der Waals surface area contributed by atoms with E-state index in [1.807, 2.05) is 30.4 Å². The quantitative estimate of drug-likeness (QED) is 0.675. The van der Waals surface area contributed by atoms with Crippen LogP contribution in [0, 0.1) is 0 Å². The minimum atomic E-state index is 0.0482. The van der Waals surface area contributed by atoms with E-state index < -0.39 is 0 Å². The topological polar surface area (TPSA) is 80.0 Å². The second-order valence-corrected chi connectivity index (χ2v) is 5.05. The number of hydrogen-bond acceptors (Lipinski definition) is 4. The van der Waals surface area contributed by atoms with Crippen LogP contribution in [0.1, 0.15) is 19.3 Å². The third kappa shape index (κ3) is 5.44. The smallest absolute Gasteiger partial charge is 0.224 e. The van der Waals surface area contributed by atoms with Crippen molar-refractivity contribution in [3.05, 3.63) is 54.3 Å². The molecule has 1 amide bonds. The van der Waals surface area contributed by atoms with E-state index in [0.29, 0.717) is 18.8 Å². The molecule has 0 aliphatic heterocycles. The van der Waals surface area contributed by atoms with E-state index in [1.54, 1.807) is 6.20 Å². The summed E-state index contributed by atoms with van der Waals surface area (Å²) in [6, 6.07) is 3.72. The van der Waals surface area contributed by atoms with E-state index in [0.717, 1.165) is 30.6 Å². The number of nitrogens with zero attached hydrogens (tertiary/aromatic N) is 1. The van der Waals surface area contributed by atoms with Gasteiger partial charge in [0, 0.05) is 19.3 Å². The summed E-state index contributed by atoms with van der Waals surface area (Å²) in [5, 5.41) is 6.13. The van der Waals surface area contributed by atoms with Gasteiger partial charge in [-0.25, -0.2) is 4.98 Å². The van der Waals surface area contributed by atoms with Crippen LogP contribution < -0.4 is 16.4 Å². The predicted molar refractivity (Wildman–Crippen MR) is 90.4 cm³/mol. The van der Waals surface area contributed by atoms with Crippen LogP contribution in [0.15, 0.2) is 54.3 Å². The Morgan fingerprint density at radius 1 is 1.32 bits per heavy atom. The molecule has 22 heavy (non-hydrogen) atoms. The third-order valence-corrected chi connectivity index (χ3v) is 3.24. The Labute approximate surface area is 131 Å². The molecule has 0 fully saturated rings. The fraction of sp³-hybridized carbons (Fsp3) is 0.294. The Morgan fingerprint density at radius 3 is 3.09 bits per heavy atom. The predicted octanol–water partition coefficient (Wildman–Crippen LogP) is 2.41. The lowest BCUT2D eigenvalue weighted by molar-refractivity contribution is -0.120. The molecule has 5 heteroatoms. The molecule has 0 saturated carbocycles. The Morgan fingerprint density at radius 2 is 2.23 bits per heavy atom. The van der Waals surface area contributed by atoms with Gasteiger partial charge in [-0.3, -0.25) is 4.79 Å². The molecular weight excluding hydrogens is 276 g/mol. The molecule has 5 nitrogen and oxygen atoms in total. The highest BCUT2D eigenvalue weighted by atomic mass is 16.1. The maximum Gasteiger partial charge on any atom is 0.224 e. The zero-order valence-electron chi connectivity index (χ0n) is 12.6. The molecule has 1 aromatic heterocycles. The Balaban J connectivity index is 1.62. The standard InChI is InChI=1S/C17H22N4O/c18-17-15(9-5-10-21-17)19-11-6-12-20-16(22)13-14-7-3-1-2-4-8-14/h1,3-5,7-10,19H,2,6,11-13H2,(H2,18,21)(H,20,22). The summed E-state index contributed by atoms with van der Waals surface area (Å²) in [7, 11) is 0. The van der Waals surface area contributed by atoms with Gasteiger partial charge in [-0.2, -0.15) is 0 Å². The molecule has 116 valence electrons. The molecule has 2 rings (SSSR count). The van der Waals surface area contributed by atoms with Crippen molar-refractivity contribution in [2.45, 2.75) is 19.3 Å². The lowest BCUT2D eigenvalue weighted by Gasteiger charge is -2.09. The number of hydrogen-bond donors (Lipinski definition) is 3. The maximum absolute atomic E-state index is 11.9. The average Bonchev–Trinajstić information content (AvgIpc) is 2.77. The Kier molecular flexibility index (Phi) is 6.23. The molecule has 1 aliphatic rings. The number of carbonyl (C=O) groups is 1. The second-order valence-electron chi connectivity index (χ2n) is 5.05. The van der Waals surface area contributed by atoms with E-state index in [2.05, 4.69) is 27.8 Å².